The molecule has 1 heterocycles. The predicted octanol–water partition coefficient (Wildman–Crippen LogP) is 6.41. The third-order valence-corrected chi connectivity index (χ3v) is 8.53. The van der Waals surface area contributed by atoms with E-state index >= 15 is 0 Å². The molecule has 3 aliphatic carbocycles. The lowest BCUT2D eigenvalue weighted by molar-refractivity contribution is -0.333. The van der Waals surface area contributed by atoms with Gasteiger partial charge in [0.05, 0.1) is 24.3 Å². The number of ether oxygens (including phenoxy) is 2. The zero-order valence-corrected chi connectivity index (χ0v) is 22.5. The molecule has 1 aromatic heterocycles. The first-order valence-corrected chi connectivity index (χ1v) is 13.7. The summed E-state index contributed by atoms with van der Waals surface area (Å²) in [7, 11) is 0. The van der Waals surface area contributed by atoms with E-state index in [1.165, 1.54) is 6.07 Å². The van der Waals surface area contributed by atoms with E-state index in [4.69, 9.17) is 30.8 Å². The van der Waals surface area contributed by atoms with Gasteiger partial charge in [-0.1, -0.05) is 11.6 Å². The van der Waals surface area contributed by atoms with Crippen LogP contribution in [0.5, 0.6) is 11.6 Å². The smallest absolute Gasteiger partial charge is 0.213 e. The van der Waals surface area contributed by atoms with Gasteiger partial charge in [-0.05, 0) is 74.4 Å². The molecule has 0 amide bonds. The Morgan fingerprint density at radius 1 is 1.08 bits per heavy atom. The lowest BCUT2D eigenvalue weighted by Gasteiger charge is -2.31. The van der Waals surface area contributed by atoms with Crippen molar-refractivity contribution in [2.24, 2.45) is 11.8 Å². The number of pyridine rings is 1. The molecular weight excluding hydrogens is 528 g/mol. The summed E-state index contributed by atoms with van der Waals surface area (Å²) in [6.45, 7) is 4.80. The Kier molecular flexibility index (Phi) is 7.00. The van der Waals surface area contributed by atoms with Gasteiger partial charge in [0.15, 0.2) is 0 Å². The molecule has 2 aromatic carbocycles. The highest BCUT2D eigenvalue weighted by molar-refractivity contribution is 6.33. The number of nitrogens with zero attached hydrogens (tertiary/aromatic N) is 1. The van der Waals surface area contributed by atoms with E-state index in [-0.39, 0.29) is 40.4 Å². The maximum Gasteiger partial charge on any atom is 0.213 e. The van der Waals surface area contributed by atoms with Crippen molar-refractivity contribution in [1.82, 2.24) is 4.98 Å². The Bertz CT molecular complexity index is 1400. The Labute approximate surface area is 230 Å². The predicted molar refractivity (Wildman–Crippen MR) is 141 cm³/mol. The molecule has 39 heavy (non-hydrogen) atoms. The molecule has 2 saturated carbocycles. The van der Waals surface area contributed by atoms with Crippen LogP contribution >= 0.6 is 11.6 Å². The molecule has 0 saturated heterocycles. The molecular formula is C30H30ClF2NO5. The number of benzene rings is 2. The highest BCUT2D eigenvalue weighted by Gasteiger charge is 2.68. The van der Waals surface area contributed by atoms with Crippen molar-refractivity contribution in [1.29, 1.82) is 0 Å². The lowest BCUT2D eigenvalue weighted by atomic mass is 9.83. The fourth-order valence-electron chi connectivity index (χ4n) is 5.90. The standard InChI is InChI=1S/C30H30ClF2NO5/c1-3-38-39-30(2)24-9-17-10-28(34-13-23(17)29(24)30)37-15-18-8-22(27(33)12-26(18)32)21-5-4-20(11-25(21)31)36-14-16-6-19(35)7-16/h4-5,8,10-13,16,19,24,29,35H,3,6-7,9,14-15H2,1-2H3. The van der Waals surface area contributed by atoms with Gasteiger partial charge >= 0.3 is 0 Å². The van der Waals surface area contributed by atoms with E-state index in [2.05, 4.69) is 11.9 Å². The van der Waals surface area contributed by atoms with Gasteiger partial charge in [-0.15, -0.1) is 0 Å². The average molecular weight is 558 g/mol. The van der Waals surface area contributed by atoms with Crippen LogP contribution in [0.4, 0.5) is 8.78 Å². The highest BCUT2D eigenvalue weighted by atomic mass is 35.5. The van der Waals surface area contributed by atoms with E-state index in [0.29, 0.717) is 42.2 Å². The Morgan fingerprint density at radius 2 is 1.90 bits per heavy atom. The van der Waals surface area contributed by atoms with Crippen molar-refractivity contribution in [3.63, 3.8) is 0 Å². The first-order chi connectivity index (χ1) is 18.8. The molecule has 9 heteroatoms. The minimum Gasteiger partial charge on any atom is -0.493 e. The summed E-state index contributed by atoms with van der Waals surface area (Å²) in [4.78, 5) is 15.2. The van der Waals surface area contributed by atoms with Crippen LogP contribution in [0.25, 0.3) is 11.1 Å². The molecule has 6 rings (SSSR count). The van der Waals surface area contributed by atoms with Crippen LogP contribution in [-0.4, -0.2) is 35.0 Å². The van der Waals surface area contributed by atoms with Gasteiger partial charge < -0.3 is 14.6 Å². The molecule has 6 nitrogen and oxygen atoms in total. The van der Waals surface area contributed by atoms with E-state index in [9.17, 15) is 13.9 Å². The van der Waals surface area contributed by atoms with E-state index in [1.807, 2.05) is 13.0 Å². The van der Waals surface area contributed by atoms with Gasteiger partial charge in [0.2, 0.25) is 5.88 Å². The number of aliphatic hydroxyl groups is 1. The van der Waals surface area contributed by atoms with Gasteiger partial charge in [0, 0.05) is 46.9 Å². The van der Waals surface area contributed by atoms with Gasteiger partial charge in [0.25, 0.3) is 0 Å². The first-order valence-electron chi connectivity index (χ1n) is 13.3. The maximum absolute atomic E-state index is 14.8. The van der Waals surface area contributed by atoms with Gasteiger partial charge in [-0.2, -0.15) is 0 Å². The topological polar surface area (TPSA) is 70.0 Å². The summed E-state index contributed by atoms with van der Waals surface area (Å²) in [5, 5.41) is 9.71. The van der Waals surface area contributed by atoms with Crippen molar-refractivity contribution in [2.75, 3.05) is 13.2 Å². The van der Waals surface area contributed by atoms with Gasteiger partial charge in [-0.25, -0.2) is 23.5 Å². The SMILES string of the molecule is CCOOC1(C)C2Cc3cc(OCc4cc(-c5ccc(OCC6CC(O)C6)cc5Cl)c(F)cc4F)ncc3C21. The Hall–Kier alpha value is -2.78. The molecule has 3 aliphatic rings. The van der Waals surface area contributed by atoms with Crippen LogP contribution in [0.1, 0.15) is 49.3 Å². The molecule has 0 spiro atoms. The first kappa shape index (κ1) is 26.4. The van der Waals surface area contributed by atoms with Gasteiger partial charge in [0.1, 0.15) is 29.6 Å². The monoisotopic (exact) mass is 557 g/mol. The number of hydrogen-bond acceptors (Lipinski definition) is 6. The van der Waals surface area contributed by atoms with E-state index in [1.54, 1.807) is 24.4 Å². The van der Waals surface area contributed by atoms with E-state index in [0.717, 1.165) is 36.5 Å². The van der Waals surface area contributed by atoms with Crippen molar-refractivity contribution < 1.29 is 33.1 Å². The minimum atomic E-state index is -0.720. The third-order valence-electron chi connectivity index (χ3n) is 8.22. The molecule has 0 bridgehead atoms. The highest BCUT2D eigenvalue weighted by Crippen LogP contribution is 2.66. The zero-order chi connectivity index (χ0) is 27.3. The van der Waals surface area contributed by atoms with Crippen LogP contribution in [-0.2, 0) is 22.8 Å². The summed E-state index contributed by atoms with van der Waals surface area (Å²) in [5.74, 6) is 0.401. The summed E-state index contributed by atoms with van der Waals surface area (Å²) < 4.78 is 41.1. The second-order valence-electron chi connectivity index (χ2n) is 10.8. The van der Waals surface area contributed by atoms with Crippen LogP contribution in [0.15, 0.2) is 42.6 Å². The largest absolute Gasteiger partial charge is 0.493 e. The molecule has 2 fully saturated rings. The summed E-state index contributed by atoms with van der Waals surface area (Å²) >= 11 is 6.47. The Morgan fingerprint density at radius 3 is 2.64 bits per heavy atom. The van der Waals surface area contributed by atoms with E-state index < -0.39 is 11.6 Å². The quantitative estimate of drug-likeness (QED) is 0.230. The maximum atomic E-state index is 14.8. The summed E-state index contributed by atoms with van der Waals surface area (Å²) in [6, 6.07) is 9.13. The third kappa shape index (κ3) is 4.99. The fourth-order valence-corrected chi connectivity index (χ4v) is 6.17. The number of halogens is 3. The zero-order valence-electron chi connectivity index (χ0n) is 21.8. The van der Waals surface area contributed by atoms with Crippen LogP contribution in [0.3, 0.4) is 0 Å². The van der Waals surface area contributed by atoms with Crippen LogP contribution < -0.4 is 9.47 Å². The van der Waals surface area contributed by atoms with Crippen molar-refractivity contribution in [3.8, 4) is 22.8 Å². The lowest BCUT2D eigenvalue weighted by Crippen LogP contribution is -2.32. The minimum absolute atomic E-state index is 0.116. The molecule has 3 unspecified atom stereocenters. The molecule has 0 aliphatic heterocycles. The molecule has 1 N–H and O–H groups in total. The van der Waals surface area contributed by atoms with Crippen LogP contribution in [0, 0.1) is 23.5 Å². The van der Waals surface area contributed by atoms with Crippen molar-refractivity contribution in [3.05, 3.63) is 75.9 Å². The number of aliphatic hydroxyl groups excluding tert-OH is 1. The Balaban J connectivity index is 1.13. The number of rotatable bonds is 10. The second kappa shape index (κ2) is 10.3. The number of aromatic nitrogens is 1. The normalized spacial score (nSPS) is 26.5. The fraction of sp³-hybridized carbons (Fsp3) is 0.433. The average Bonchev–Trinajstić information content (AvgIpc) is 3.25. The number of fused-ring (bicyclic) bond motifs is 3. The number of hydrogen-bond donors (Lipinski definition) is 1. The molecule has 3 atom stereocenters. The van der Waals surface area contributed by atoms with Crippen LogP contribution in [0.2, 0.25) is 5.02 Å². The van der Waals surface area contributed by atoms with Crippen molar-refractivity contribution in [2.45, 2.75) is 57.3 Å². The van der Waals surface area contributed by atoms with Crippen molar-refractivity contribution >= 4 is 11.6 Å². The molecule has 3 aromatic rings. The van der Waals surface area contributed by atoms with Gasteiger partial charge in [-0.3, -0.25) is 0 Å². The second-order valence-corrected chi connectivity index (χ2v) is 11.2. The summed E-state index contributed by atoms with van der Waals surface area (Å²) in [6.07, 6.45) is 3.83. The molecule has 0 radical (unpaired) electrons. The summed E-state index contributed by atoms with van der Waals surface area (Å²) in [5.41, 5.74) is 2.71. The molecule has 206 valence electrons.